The molecule has 3 aromatic carbocycles. The summed E-state index contributed by atoms with van der Waals surface area (Å²) < 4.78 is 39.6. The van der Waals surface area contributed by atoms with Crippen molar-refractivity contribution in [3.63, 3.8) is 0 Å². The molecule has 1 heterocycles. The van der Waals surface area contributed by atoms with Gasteiger partial charge in [-0.05, 0) is 105 Å². The van der Waals surface area contributed by atoms with Crippen LogP contribution < -0.4 is 0 Å². The van der Waals surface area contributed by atoms with E-state index >= 15 is 0 Å². The minimum Gasteiger partial charge on any atom is -0.329 e. The summed E-state index contributed by atoms with van der Waals surface area (Å²) in [5.41, 5.74) is 5.55. The standard InChI is InChI=1S/C33H33F3N2O/c1-37(2)31(25-9-4-3-5-10-25)17-19-32(20-18-31)29-22-24-8-6-7-11-27(24)28(29)16-21-38(32)30(39)23-12-14-26(15-13-23)33(34,35)36/h3-15H,16-22H2,1-2H3. The molecule has 3 aromatic rings. The molecule has 0 saturated heterocycles. The first-order valence-electron chi connectivity index (χ1n) is 13.7. The SMILES string of the molecule is CN(C)C1(c2ccccc2)CCC2(CC1)C1=C(CCN2C(=O)c2ccc(C(F)(F)F)cc2)c2ccccc2C1. The molecule has 1 spiro atoms. The molecule has 1 aliphatic heterocycles. The van der Waals surface area contributed by atoms with Gasteiger partial charge in [0.25, 0.3) is 5.91 Å². The lowest BCUT2D eigenvalue weighted by molar-refractivity contribution is -0.137. The van der Waals surface area contributed by atoms with Gasteiger partial charge in [-0.25, -0.2) is 0 Å². The molecule has 202 valence electrons. The van der Waals surface area contributed by atoms with E-state index in [1.54, 1.807) is 0 Å². The van der Waals surface area contributed by atoms with Crippen molar-refractivity contribution < 1.29 is 18.0 Å². The Hall–Kier alpha value is -3.38. The smallest absolute Gasteiger partial charge is 0.329 e. The largest absolute Gasteiger partial charge is 0.416 e. The molecule has 0 unspecified atom stereocenters. The van der Waals surface area contributed by atoms with E-state index in [0.717, 1.165) is 50.7 Å². The number of halogens is 3. The van der Waals surface area contributed by atoms with Gasteiger partial charge >= 0.3 is 6.18 Å². The van der Waals surface area contributed by atoms with Crippen molar-refractivity contribution in [3.8, 4) is 0 Å². The molecule has 1 amide bonds. The molecular formula is C33H33F3N2O. The summed E-state index contributed by atoms with van der Waals surface area (Å²) in [6.45, 7) is 0.563. The molecule has 39 heavy (non-hydrogen) atoms. The normalized spacial score (nSPS) is 24.7. The van der Waals surface area contributed by atoms with E-state index < -0.39 is 17.3 Å². The second-order valence-electron chi connectivity index (χ2n) is 11.4. The van der Waals surface area contributed by atoms with Crippen LogP contribution >= 0.6 is 0 Å². The Morgan fingerprint density at radius 1 is 0.846 bits per heavy atom. The van der Waals surface area contributed by atoms with E-state index in [9.17, 15) is 18.0 Å². The number of amides is 1. The maximum Gasteiger partial charge on any atom is 0.416 e. The summed E-state index contributed by atoms with van der Waals surface area (Å²) in [6.07, 6.45) is 0.528. The van der Waals surface area contributed by atoms with Gasteiger partial charge in [0.15, 0.2) is 0 Å². The van der Waals surface area contributed by atoms with Gasteiger partial charge in [0, 0.05) is 17.6 Å². The lowest BCUT2D eigenvalue weighted by atomic mass is 9.63. The minimum absolute atomic E-state index is 0.140. The highest BCUT2D eigenvalue weighted by Gasteiger charge is 2.54. The van der Waals surface area contributed by atoms with Gasteiger partial charge in [0.2, 0.25) is 0 Å². The molecular weight excluding hydrogens is 497 g/mol. The van der Waals surface area contributed by atoms with Crippen LogP contribution in [0.25, 0.3) is 5.57 Å². The van der Waals surface area contributed by atoms with Crippen LogP contribution in [-0.4, -0.2) is 41.9 Å². The Morgan fingerprint density at radius 2 is 1.49 bits per heavy atom. The Labute approximate surface area is 227 Å². The molecule has 0 bridgehead atoms. The van der Waals surface area contributed by atoms with Gasteiger partial charge in [-0.2, -0.15) is 13.2 Å². The van der Waals surface area contributed by atoms with Crippen LogP contribution in [0.15, 0.2) is 84.4 Å². The third-order valence-electron chi connectivity index (χ3n) is 9.51. The zero-order valence-corrected chi connectivity index (χ0v) is 22.4. The van der Waals surface area contributed by atoms with E-state index in [0.29, 0.717) is 12.1 Å². The Bertz CT molecular complexity index is 1420. The van der Waals surface area contributed by atoms with Crippen LogP contribution in [0.1, 0.15) is 64.7 Å². The number of alkyl halides is 3. The number of hydrogen-bond acceptors (Lipinski definition) is 2. The van der Waals surface area contributed by atoms with Crippen molar-refractivity contribution in [2.24, 2.45) is 0 Å². The van der Waals surface area contributed by atoms with Crippen molar-refractivity contribution in [2.75, 3.05) is 20.6 Å². The van der Waals surface area contributed by atoms with Crippen LogP contribution in [0.4, 0.5) is 13.2 Å². The third kappa shape index (κ3) is 4.11. The average molecular weight is 531 g/mol. The van der Waals surface area contributed by atoms with Gasteiger partial charge in [0.05, 0.1) is 11.1 Å². The first kappa shape index (κ1) is 25.9. The van der Waals surface area contributed by atoms with Crippen LogP contribution in [-0.2, 0) is 18.1 Å². The molecule has 3 nitrogen and oxygen atoms in total. The number of fused-ring (bicyclic) bond motifs is 3. The van der Waals surface area contributed by atoms with Crippen LogP contribution in [0.2, 0.25) is 0 Å². The predicted molar refractivity (Wildman–Crippen MR) is 147 cm³/mol. The zero-order valence-electron chi connectivity index (χ0n) is 22.4. The highest BCUT2D eigenvalue weighted by Crippen LogP contribution is 2.55. The number of carbonyl (C=O) groups is 1. The maximum absolute atomic E-state index is 14.1. The summed E-state index contributed by atoms with van der Waals surface area (Å²) in [5, 5.41) is 0. The molecule has 6 heteroatoms. The number of hydrogen-bond donors (Lipinski definition) is 0. The number of carbonyl (C=O) groups excluding carboxylic acids is 1. The molecule has 1 saturated carbocycles. The van der Waals surface area contributed by atoms with Crippen LogP contribution in [0.3, 0.4) is 0 Å². The summed E-state index contributed by atoms with van der Waals surface area (Å²) >= 11 is 0. The fourth-order valence-corrected chi connectivity index (χ4v) is 7.40. The highest BCUT2D eigenvalue weighted by atomic mass is 19.4. The lowest BCUT2D eigenvalue weighted by Crippen LogP contribution is -2.60. The van der Waals surface area contributed by atoms with Crippen molar-refractivity contribution in [1.29, 1.82) is 0 Å². The number of rotatable bonds is 3. The predicted octanol–water partition coefficient (Wildman–Crippen LogP) is 7.33. The van der Waals surface area contributed by atoms with E-state index in [-0.39, 0.29) is 11.4 Å². The molecule has 0 aromatic heterocycles. The van der Waals surface area contributed by atoms with E-state index in [1.165, 1.54) is 40.0 Å². The topological polar surface area (TPSA) is 23.6 Å². The molecule has 6 rings (SSSR count). The molecule has 1 fully saturated rings. The zero-order chi connectivity index (χ0) is 27.4. The highest BCUT2D eigenvalue weighted by molar-refractivity contribution is 5.96. The molecule has 2 aliphatic carbocycles. The van der Waals surface area contributed by atoms with E-state index in [1.807, 2.05) is 11.0 Å². The summed E-state index contributed by atoms with van der Waals surface area (Å²) in [6, 6.07) is 23.8. The number of nitrogens with zero attached hydrogens (tertiary/aromatic N) is 2. The molecule has 3 aliphatic rings. The molecule has 0 atom stereocenters. The van der Waals surface area contributed by atoms with Crippen molar-refractivity contribution in [2.45, 2.75) is 55.8 Å². The van der Waals surface area contributed by atoms with Crippen molar-refractivity contribution in [3.05, 3.63) is 112 Å². The second kappa shape index (κ2) is 9.37. The van der Waals surface area contributed by atoms with E-state index in [4.69, 9.17) is 0 Å². The average Bonchev–Trinajstić information content (AvgIpc) is 3.33. The second-order valence-corrected chi connectivity index (χ2v) is 11.4. The van der Waals surface area contributed by atoms with E-state index in [2.05, 4.69) is 67.5 Å². The molecule has 0 radical (unpaired) electrons. The Kier molecular flexibility index (Phi) is 6.22. The van der Waals surface area contributed by atoms with Crippen LogP contribution in [0.5, 0.6) is 0 Å². The monoisotopic (exact) mass is 530 g/mol. The number of benzene rings is 3. The Balaban J connectivity index is 1.40. The van der Waals surface area contributed by atoms with Gasteiger partial charge in [-0.15, -0.1) is 0 Å². The minimum atomic E-state index is -4.43. The van der Waals surface area contributed by atoms with Crippen molar-refractivity contribution in [1.82, 2.24) is 9.80 Å². The third-order valence-corrected chi connectivity index (χ3v) is 9.51. The van der Waals surface area contributed by atoms with Gasteiger partial charge in [0.1, 0.15) is 0 Å². The first-order chi connectivity index (χ1) is 18.7. The van der Waals surface area contributed by atoms with Crippen LogP contribution in [0, 0.1) is 0 Å². The quantitative estimate of drug-likeness (QED) is 0.354. The fourth-order valence-electron chi connectivity index (χ4n) is 7.40. The summed E-state index contributed by atoms with van der Waals surface area (Å²) in [5.74, 6) is -0.178. The fraction of sp³-hybridized carbons (Fsp3) is 0.364. The van der Waals surface area contributed by atoms with Gasteiger partial charge in [-0.1, -0.05) is 54.6 Å². The Morgan fingerprint density at radius 3 is 2.13 bits per heavy atom. The summed E-state index contributed by atoms with van der Waals surface area (Å²) in [7, 11) is 4.26. The molecule has 0 N–H and O–H groups in total. The lowest BCUT2D eigenvalue weighted by Gasteiger charge is -2.56. The van der Waals surface area contributed by atoms with Gasteiger partial charge < -0.3 is 4.90 Å². The maximum atomic E-state index is 14.1. The van der Waals surface area contributed by atoms with Gasteiger partial charge in [-0.3, -0.25) is 9.69 Å². The van der Waals surface area contributed by atoms with Crippen molar-refractivity contribution >= 4 is 11.5 Å². The first-order valence-corrected chi connectivity index (χ1v) is 13.7. The summed E-state index contributed by atoms with van der Waals surface area (Å²) in [4.78, 5) is 18.4.